The summed E-state index contributed by atoms with van der Waals surface area (Å²) in [6, 6.07) is 83.5. The van der Waals surface area contributed by atoms with Crippen molar-refractivity contribution in [2.75, 3.05) is 4.90 Å². The van der Waals surface area contributed by atoms with Gasteiger partial charge < -0.3 is 4.90 Å². The predicted molar refractivity (Wildman–Crippen MR) is 276 cm³/mol. The minimum atomic E-state index is 1.10. The lowest BCUT2D eigenvalue weighted by atomic mass is 9.78. The number of anilines is 3. The summed E-state index contributed by atoms with van der Waals surface area (Å²) in [5, 5.41) is 4.78. The molecule has 0 aliphatic carbocycles. The van der Waals surface area contributed by atoms with Gasteiger partial charge in [0, 0.05) is 16.8 Å². The molecule has 10 aromatic carbocycles. The average Bonchev–Trinajstić information content (AvgIpc) is 3.37. The third-order valence-corrected chi connectivity index (χ3v) is 12.2. The van der Waals surface area contributed by atoms with E-state index in [2.05, 4.69) is 261 Å². The molecule has 0 bridgehead atoms. The lowest BCUT2D eigenvalue weighted by Crippen LogP contribution is -2.10. The smallest absolute Gasteiger partial charge is 0.0540 e. The molecule has 0 amide bonds. The number of hydrogen-bond acceptors (Lipinski definition) is 1. The van der Waals surface area contributed by atoms with Crippen LogP contribution < -0.4 is 4.90 Å². The normalized spacial score (nSPS) is 11.6. The molecule has 0 unspecified atom stereocenters. The fourth-order valence-corrected chi connectivity index (χ4v) is 9.29. The second kappa shape index (κ2) is 18.0. The van der Waals surface area contributed by atoms with Gasteiger partial charge in [-0.3, -0.25) is 0 Å². The molecular weight excluding hydrogens is 771 g/mol. The first-order valence-corrected chi connectivity index (χ1v) is 22.0. The Morgan fingerprint density at radius 2 is 0.875 bits per heavy atom. The predicted octanol–water partition coefficient (Wildman–Crippen LogP) is 17.9. The van der Waals surface area contributed by atoms with Gasteiger partial charge in [0.2, 0.25) is 0 Å². The summed E-state index contributed by atoms with van der Waals surface area (Å²) in [6.45, 7) is 6.20. The molecule has 10 aromatic rings. The van der Waals surface area contributed by atoms with Gasteiger partial charge >= 0.3 is 0 Å². The van der Waals surface area contributed by atoms with Crippen molar-refractivity contribution < 1.29 is 0 Å². The SMILES string of the molecule is C=C/C=C\C=C(/C)c1c(-c2ccccc2)c(-c2ccccc2)c2ccc(-c3cccc4c(N(c5ccccc5)c5ccc(-c6ccccc6)cc5)cccc34)cc2c1-c1ccccc1. The van der Waals surface area contributed by atoms with Gasteiger partial charge in [0.15, 0.2) is 0 Å². The highest BCUT2D eigenvalue weighted by atomic mass is 15.1. The van der Waals surface area contributed by atoms with Gasteiger partial charge in [-0.2, -0.15) is 0 Å². The first kappa shape index (κ1) is 39.9. The van der Waals surface area contributed by atoms with E-state index in [9.17, 15) is 0 Å². The third kappa shape index (κ3) is 7.65. The zero-order chi connectivity index (χ0) is 43.2. The third-order valence-electron chi connectivity index (χ3n) is 12.2. The summed E-state index contributed by atoms with van der Waals surface area (Å²) in [4.78, 5) is 2.38. The van der Waals surface area contributed by atoms with E-state index in [1.165, 1.54) is 82.8 Å². The Kier molecular flexibility index (Phi) is 11.2. The molecule has 304 valence electrons. The highest BCUT2D eigenvalue weighted by molar-refractivity contribution is 6.17. The van der Waals surface area contributed by atoms with Crippen LogP contribution >= 0.6 is 0 Å². The Labute approximate surface area is 376 Å². The highest BCUT2D eigenvalue weighted by Gasteiger charge is 2.25. The van der Waals surface area contributed by atoms with E-state index >= 15 is 0 Å². The molecule has 0 aliphatic heterocycles. The van der Waals surface area contributed by atoms with Gasteiger partial charge in [-0.05, 0) is 126 Å². The highest BCUT2D eigenvalue weighted by Crippen LogP contribution is 2.50. The Hall–Kier alpha value is -8.26. The van der Waals surface area contributed by atoms with Crippen molar-refractivity contribution in [3.8, 4) is 55.6 Å². The molecule has 0 fully saturated rings. The first-order chi connectivity index (χ1) is 31.7. The minimum Gasteiger partial charge on any atom is -0.310 e. The molecule has 0 atom stereocenters. The van der Waals surface area contributed by atoms with Crippen molar-refractivity contribution in [3.63, 3.8) is 0 Å². The minimum absolute atomic E-state index is 1.10. The van der Waals surface area contributed by atoms with Crippen LogP contribution in [0.15, 0.2) is 261 Å². The summed E-state index contributed by atoms with van der Waals surface area (Å²) in [7, 11) is 0. The number of nitrogens with zero attached hydrogens (tertiary/aromatic N) is 1. The molecule has 64 heavy (non-hydrogen) atoms. The van der Waals surface area contributed by atoms with Crippen molar-refractivity contribution in [3.05, 3.63) is 267 Å². The van der Waals surface area contributed by atoms with Gasteiger partial charge in [0.25, 0.3) is 0 Å². The van der Waals surface area contributed by atoms with Crippen LogP contribution in [0.25, 0.3) is 82.8 Å². The van der Waals surface area contributed by atoms with Crippen molar-refractivity contribution in [2.24, 2.45) is 0 Å². The van der Waals surface area contributed by atoms with Gasteiger partial charge in [-0.15, -0.1) is 0 Å². The number of benzene rings is 10. The summed E-state index contributed by atoms with van der Waals surface area (Å²) in [5.41, 5.74) is 17.7. The topological polar surface area (TPSA) is 3.24 Å². The fraction of sp³-hybridized carbons (Fsp3) is 0.0159. The summed E-state index contributed by atoms with van der Waals surface area (Å²) in [5.74, 6) is 0. The standard InChI is InChI=1S/C63H47N/c1-3-4-10-23-45(2)60-62(49-28-15-7-16-29-49)58-44-51(40-43-57(58)61(48-26-13-6-14-27-48)63(60)50-30-17-8-18-31-50)54-34-21-36-56-55(54)35-22-37-59(56)64(52-32-19-9-20-33-52)53-41-38-47(39-42-53)46-24-11-5-12-25-46/h3-44H,1H2,2H3/b10-4-,45-23+. The average molecular weight is 818 g/mol. The zero-order valence-electron chi connectivity index (χ0n) is 35.9. The molecule has 0 saturated carbocycles. The maximum Gasteiger partial charge on any atom is 0.0540 e. The number of hydrogen-bond donors (Lipinski definition) is 0. The molecule has 0 aliphatic rings. The number of allylic oxidation sites excluding steroid dienone is 5. The van der Waals surface area contributed by atoms with Crippen molar-refractivity contribution in [1.82, 2.24) is 0 Å². The van der Waals surface area contributed by atoms with E-state index < -0.39 is 0 Å². The van der Waals surface area contributed by atoms with Crippen LogP contribution in [0.1, 0.15) is 12.5 Å². The Balaban J connectivity index is 1.23. The summed E-state index contributed by atoms with van der Waals surface area (Å²) < 4.78 is 0. The second-order valence-electron chi connectivity index (χ2n) is 16.1. The van der Waals surface area contributed by atoms with Crippen molar-refractivity contribution in [2.45, 2.75) is 6.92 Å². The van der Waals surface area contributed by atoms with Crippen LogP contribution in [0, 0.1) is 0 Å². The van der Waals surface area contributed by atoms with Crippen LogP contribution in [-0.2, 0) is 0 Å². The molecule has 0 heterocycles. The van der Waals surface area contributed by atoms with Gasteiger partial charge in [0.1, 0.15) is 0 Å². The second-order valence-corrected chi connectivity index (χ2v) is 16.1. The van der Waals surface area contributed by atoms with E-state index in [1.807, 2.05) is 12.2 Å². The van der Waals surface area contributed by atoms with Crippen LogP contribution in [-0.4, -0.2) is 0 Å². The summed E-state index contributed by atoms with van der Waals surface area (Å²) in [6.07, 6.45) is 8.15. The molecule has 0 saturated heterocycles. The number of rotatable bonds is 11. The zero-order valence-corrected chi connectivity index (χ0v) is 35.9. The molecule has 1 nitrogen and oxygen atoms in total. The lowest BCUT2D eigenvalue weighted by Gasteiger charge is -2.27. The van der Waals surface area contributed by atoms with Gasteiger partial charge in [-0.1, -0.05) is 225 Å². The fourth-order valence-electron chi connectivity index (χ4n) is 9.29. The van der Waals surface area contributed by atoms with Crippen LogP contribution in [0.4, 0.5) is 17.1 Å². The molecule has 0 aromatic heterocycles. The molecule has 0 spiro atoms. The number of fused-ring (bicyclic) bond motifs is 2. The van der Waals surface area contributed by atoms with E-state index in [0.717, 1.165) is 22.6 Å². The molecule has 0 radical (unpaired) electrons. The van der Waals surface area contributed by atoms with Crippen molar-refractivity contribution in [1.29, 1.82) is 0 Å². The maximum atomic E-state index is 3.96. The quantitative estimate of drug-likeness (QED) is 0.118. The molecular formula is C63H47N. The maximum absolute atomic E-state index is 3.96. The molecule has 1 heteroatoms. The largest absolute Gasteiger partial charge is 0.310 e. The molecule has 0 N–H and O–H groups in total. The first-order valence-electron chi connectivity index (χ1n) is 22.0. The number of para-hydroxylation sites is 1. The van der Waals surface area contributed by atoms with Gasteiger partial charge in [-0.25, -0.2) is 0 Å². The van der Waals surface area contributed by atoms with Crippen LogP contribution in [0.2, 0.25) is 0 Å². The Morgan fingerprint density at radius 1 is 0.375 bits per heavy atom. The summed E-state index contributed by atoms with van der Waals surface area (Å²) >= 11 is 0. The Bertz CT molecular complexity index is 3290. The van der Waals surface area contributed by atoms with E-state index in [1.54, 1.807) is 0 Å². The van der Waals surface area contributed by atoms with Crippen LogP contribution in [0.5, 0.6) is 0 Å². The van der Waals surface area contributed by atoms with E-state index in [4.69, 9.17) is 0 Å². The Morgan fingerprint density at radius 3 is 1.50 bits per heavy atom. The van der Waals surface area contributed by atoms with Gasteiger partial charge in [0.05, 0.1) is 5.69 Å². The van der Waals surface area contributed by atoms with Crippen LogP contribution in [0.3, 0.4) is 0 Å². The monoisotopic (exact) mass is 817 g/mol. The van der Waals surface area contributed by atoms with Crippen molar-refractivity contribution >= 4 is 44.2 Å². The molecule has 10 rings (SSSR count). The van der Waals surface area contributed by atoms with E-state index in [-0.39, 0.29) is 0 Å². The van der Waals surface area contributed by atoms with E-state index in [0.29, 0.717) is 0 Å². The lowest BCUT2D eigenvalue weighted by molar-refractivity contribution is 1.30.